The molecule has 0 saturated carbocycles. The lowest BCUT2D eigenvalue weighted by Gasteiger charge is -2.15. The third-order valence-electron chi connectivity index (χ3n) is 4.02. The zero-order valence-corrected chi connectivity index (χ0v) is 14.5. The maximum absolute atomic E-state index is 12.3. The van der Waals surface area contributed by atoms with Crippen molar-refractivity contribution >= 4 is 17.6 Å². The molecule has 26 heavy (non-hydrogen) atoms. The van der Waals surface area contributed by atoms with E-state index in [4.69, 9.17) is 9.47 Å². The molecule has 1 fully saturated rings. The molecule has 2 N–H and O–H groups in total. The van der Waals surface area contributed by atoms with Crippen LogP contribution in [0.25, 0.3) is 0 Å². The summed E-state index contributed by atoms with van der Waals surface area (Å²) in [6, 6.07) is 15.6. The van der Waals surface area contributed by atoms with Gasteiger partial charge >= 0.3 is 6.03 Å². The van der Waals surface area contributed by atoms with Gasteiger partial charge in [0.05, 0.1) is 20.2 Å². The maximum Gasteiger partial charge on any atom is 0.322 e. The number of urea groups is 1. The minimum absolute atomic E-state index is 0.231. The largest absolute Gasteiger partial charge is 0.497 e. The predicted octanol–water partition coefficient (Wildman–Crippen LogP) is 1.79. The first-order valence-corrected chi connectivity index (χ1v) is 8.35. The number of carbonyl (C=O) groups excluding carboxylic acids is 2. The first-order valence-electron chi connectivity index (χ1n) is 8.35. The van der Waals surface area contributed by atoms with E-state index in [1.165, 1.54) is 4.90 Å². The monoisotopic (exact) mass is 355 g/mol. The van der Waals surface area contributed by atoms with Crippen LogP contribution in [0.15, 0.2) is 54.6 Å². The molecule has 0 bridgehead atoms. The van der Waals surface area contributed by atoms with Gasteiger partial charge in [-0.25, -0.2) is 4.79 Å². The summed E-state index contributed by atoms with van der Waals surface area (Å²) in [5.41, 5.74) is 0.714. The van der Waals surface area contributed by atoms with Crippen LogP contribution in [-0.2, 0) is 4.79 Å². The van der Waals surface area contributed by atoms with Crippen LogP contribution >= 0.6 is 0 Å². The predicted molar refractivity (Wildman–Crippen MR) is 97.6 cm³/mol. The Morgan fingerprint density at radius 3 is 2.58 bits per heavy atom. The molecule has 0 spiro atoms. The lowest BCUT2D eigenvalue weighted by Crippen LogP contribution is -2.44. The summed E-state index contributed by atoms with van der Waals surface area (Å²) in [5, 5.41) is 5.47. The second kappa shape index (κ2) is 8.24. The van der Waals surface area contributed by atoms with E-state index >= 15 is 0 Å². The van der Waals surface area contributed by atoms with Crippen molar-refractivity contribution in [2.75, 3.05) is 31.7 Å². The number of benzene rings is 2. The number of amides is 3. The SMILES string of the molecule is COc1ccc(N2CC(C(=O)NCCOc3ccccc3)NC2=O)cc1. The molecule has 0 aliphatic carbocycles. The molecule has 136 valence electrons. The smallest absolute Gasteiger partial charge is 0.322 e. The summed E-state index contributed by atoms with van der Waals surface area (Å²) >= 11 is 0. The molecule has 2 aromatic carbocycles. The molecule has 7 heteroatoms. The lowest BCUT2D eigenvalue weighted by molar-refractivity contribution is -0.122. The molecule has 2 aromatic rings. The third-order valence-corrected chi connectivity index (χ3v) is 4.02. The van der Waals surface area contributed by atoms with Gasteiger partial charge in [-0.1, -0.05) is 18.2 Å². The quantitative estimate of drug-likeness (QED) is 0.742. The molecule has 1 heterocycles. The van der Waals surface area contributed by atoms with E-state index in [9.17, 15) is 9.59 Å². The molecule has 0 aromatic heterocycles. The minimum atomic E-state index is -0.596. The molecule has 0 radical (unpaired) electrons. The summed E-state index contributed by atoms with van der Waals surface area (Å²) in [5.74, 6) is 1.23. The first-order chi connectivity index (χ1) is 12.7. The third kappa shape index (κ3) is 4.24. The normalized spacial score (nSPS) is 16.1. The molecule has 1 aliphatic rings. The number of ether oxygens (including phenoxy) is 2. The summed E-state index contributed by atoms with van der Waals surface area (Å²) in [6.45, 7) is 0.998. The average molecular weight is 355 g/mol. The molecule has 1 aliphatic heterocycles. The number of anilines is 1. The van der Waals surface area contributed by atoms with Crippen molar-refractivity contribution in [1.29, 1.82) is 0 Å². The fourth-order valence-electron chi connectivity index (χ4n) is 2.65. The van der Waals surface area contributed by atoms with Gasteiger partial charge in [0.25, 0.3) is 0 Å². The fourth-order valence-corrected chi connectivity index (χ4v) is 2.65. The van der Waals surface area contributed by atoms with Gasteiger partial charge in [0, 0.05) is 5.69 Å². The lowest BCUT2D eigenvalue weighted by atomic mass is 10.2. The summed E-state index contributed by atoms with van der Waals surface area (Å²) in [4.78, 5) is 25.9. The highest BCUT2D eigenvalue weighted by atomic mass is 16.5. The number of methoxy groups -OCH3 is 1. The van der Waals surface area contributed by atoms with E-state index in [0.29, 0.717) is 24.6 Å². The van der Waals surface area contributed by atoms with Crippen molar-refractivity contribution in [3.8, 4) is 11.5 Å². The Kier molecular flexibility index (Phi) is 5.58. The maximum atomic E-state index is 12.3. The second-order valence-corrected chi connectivity index (χ2v) is 5.76. The Morgan fingerprint density at radius 2 is 1.88 bits per heavy atom. The van der Waals surface area contributed by atoms with Crippen LogP contribution in [0.4, 0.5) is 10.5 Å². The molecule has 7 nitrogen and oxygen atoms in total. The molecule has 3 amide bonds. The summed E-state index contributed by atoms with van der Waals surface area (Å²) < 4.78 is 10.6. The molecular formula is C19H21N3O4. The van der Waals surface area contributed by atoms with Crippen LogP contribution < -0.4 is 25.0 Å². The standard InChI is InChI=1S/C19H21N3O4/c1-25-15-9-7-14(8-10-15)22-13-17(21-19(22)24)18(23)20-11-12-26-16-5-3-2-4-6-16/h2-10,17H,11-13H2,1H3,(H,20,23)(H,21,24). The van der Waals surface area contributed by atoms with Crippen LogP contribution in [0, 0.1) is 0 Å². The van der Waals surface area contributed by atoms with Gasteiger partial charge in [0.2, 0.25) is 5.91 Å². The van der Waals surface area contributed by atoms with Crippen LogP contribution in [0.5, 0.6) is 11.5 Å². The number of hydrogen-bond donors (Lipinski definition) is 2. The van der Waals surface area contributed by atoms with Crippen molar-refractivity contribution in [1.82, 2.24) is 10.6 Å². The highest BCUT2D eigenvalue weighted by molar-refractivity contribution is 6.00. The van der Waals surface area contributed by atoms with Crippen molar-refractivity contribution < 1.29 is 19.1 Å². The van der Waals surface area contributed by atoms with E-state index in [1.54, 1.807) is 31.4 Å². The van der Waals surface area contributed by atoms with Crippen LogP contribution in [-0.4, -0.2) is 44.8 Å². The van der Waals surface area contributed by atoms with Crippen molar-refractivity contribution in [3.63, 3.8) is 0 Å². The van der Waals surface area contributed by atoms with Gasteiger partial charge in [0.15, 0.2) is 0 Å². The Bertz CT molecular complexity index is 749. The van der Waals surface area contributed by atoms with E-state index < -0.39 is 6.04 Å². The van der Waals surface area contributed by atoms with Gasteiger partial charge < -0.3 is 20.1 Å². The Morgan fingerprint density at radius 1 is 1.15 bits per heavy atom. The summed E-state index contributed by atoms with van der Waals surface area (Å²) in [6.07, 6.45) is 0. The number of hydrogen-bond acceptors (Lipinski definition) is 4. The number of carbonyl (C=O) groups is 2. The van der Waals surface area contributed by atoms with Gasteiger partial charge in [-0.15, -0.1) is 0 Å². The van der Waals surface area contributed by atoms with Gasteiger partial charge in [-0.3, -0.25) is 9.69 Å². The Balaban J connectivity index is 1.47. The molecule has 1 saturated heterocycles. The number of nitrogens with zero attached hydrogens (tertiary/aromatic N) is 1. The highest BCUT2D eigenvalue weighted by Crippen LogP contribution is 2.21. The van der Waals surface area contributed by atoms with E-state index in [-0.39, 0.29) is 18.5 Å². The minimum Gasteiger partial charge on any atom is -0.497 e. The summed E-state index contributed by atoms with van der Waals surface area (Å²) in [7, 11) is 1.58. The fraction of sp³-hybridized carbons (Fsp3) is 0.263. The van der Waals surface area contributed by atoms with Crippen molar-refractivity contribution in [2.45, 2.75) is 6.04 Å². The van der Waals surface area contributed by atoms with Crippen molar-refractivity contribution in [3.05, 3.63) is 54.6 Å². The van der Waals surface area contributed by atoms with Crippen LogP contribution in [0.3, 0.4) is 0 Å². The van der Waals surface area contributed by atoms with Gasteiger partial charge in [-0.2, -0.15) is 0 Å². The van der Waals surface area contributed by atoms with Crippen LogP contribution in [0.1, 0.15) is 0 Å². The Hall–Kier alpha value is -3.22. The zero-order valence-electron chi connectivity index (χ0n) is 14.5. The van der Waals surface area contributed by atoms with Gasteiger partial charge in [0.1, 0.15) is 24.1 Å². The molecule has 3 rings (SSSR count). The second-order valence-electron chi connectivity index (χ2n) is 5.76. The average Bonchev–Trinajstić information content (AvgIpc) is 3.08. The molecule has 1 atom stereocenters. The topological polar surface area (TPSA) is 79.9 Å². The van der Waals surface area contributed by atoms with Gasteiger partial charge in [-0.05, 0) is 36.4 Å². The number of rotatable bonds is 7. The van der Waals surface area contributed by atoms with Crippen molar-refractivity contribution in [2.24, 2.45) is 0 Å². The molecular weight excluding hydrogens is 334 g/mol. The number of para-hydroxylation sites is 1. The van der Waals surface area contributed by atoms with E-state index in [1.807, 2.05) is 30.3 Å². The van der Waals surface area contributed by atoms with Crippen LogP contribution in [0.2, 0.25) is 0 Å². The highest BCUT2D eigenvalue weighted by Gasteiger charge is 2.34. The number of nitrogens with one attached hydrogen (secondary N) is 2. The molecule has 1 unspecified atom stereocenters. The Labute approximate surface area is 151 Å². The zero-order chi connectivity index (χ0) is 18.4. The van der Waals surface area contributed by atoms with E-state index in [0.717, 1.165) is 5.75 Å². The first kappa shape index (κ1) is 17.6. The van der Waals surface area contributed by atoms with E-state index in [2.05, 4.69) is 10.6 Å².